The molecule has 24 heavy (non-hydrogen) atoms. The molecule has 6 nitrogen and oxygen atoms in total. The monoisotopic (exact) mass is 336 g/mol. The van der Waals surface area contributed by atoms with Crippen LogP contribution in [0.3, 0.4) is 0 Å². The van der Waals surface area contributed by atoms with Crippen LogP contribution in [0.25, 0.3) is 0 Å². The molecule has 0 saturated heterocycles. The third-order valence-corrected chi connectivity index (χ3v) is 4.74. The molecule has 0 spiro atoms. The predicted molar refractivity (Wildman–Crippen MR) is 93.2 cm³/mol. The standard InChI is InChI=1S/C18H28N2O4/c1-13(2)24-18-9-8-17(20(22)23)10-15(18)11-19(3)16-6-4-14(12-21)5-7-16/h8-10,13-14,16,21H,4-7,11-12H2,1-3H3. The van der Waals surface area contributed by atoms with E-state index in [1.54, 1.807) is 12.1 Å². The first kappa shape index (κ1) is 18.7. The van der Waals surface area contributed by atoms with Crippen LogP contribution in [-0.4, -0.2) is 40.7 Å². The Morgan fingerprint density at radius 3 is 2.54 bits per heavy atom. The highest BCUT2D eigenvalue weighted by Gasteiger charge is 2.24. The summed E-state index contributed by atoms with van der Waals surface area (Å²) in [6, 6.07) is 5.25. The summed E-state index contributed by atoms with van der Waals surface area (Å²) in [4.78, 5) is 13.0. The molecule has 1 fully saturated rings. The maximum Gasteiger partial charge on any atom is 0.270 e. The van der Waals surface area contributed by atoms with Crippen molar-refractivity contribution >= 4 is 5.69 Å². The number of hydrogen-bond acceptors (Lipinski definition) is 5. The van der Waals surface area contributed by atoms with E-state index in [1.807, 2.05) is 13.8 Å². The largest absolute Gasteiger partial charge is 0.491 e. The van der Waals surface area contributed by atoms with Crippen molar-refractivity contribution in [2.24, 2.45) is 5.92 Å². The van der Waals surface area contributed by atoms with Crippen molar-refractivity contribution in [3.8, 4) is 5.75 Å². The molecular weight excluding hydrogens is 308 g/mol. The topological polar surface area (TPSA) is 75.8 Å². The molecule has 1 aromatic carbocycles. The minimum atomic E-state index is -0.366. The van der Waals surface area contributed by atoms with Crippen LogP contribution in [-0.2, 0) is 6.54 Å². The number of hydrogen-bond donors (Lipinski definition) is 1. The summed E-state index contributed by atoms with van der Waals surface area (Å²) < 4.78 is 5.82. The van der Waals surface area contributed by atoms with Gasteiger partial charge in [-0.25, -0.2) is 0 Å². The first-order valence-corrected chi connectivity index (χ1v) is 8.65. The number of nitro benzene ring substituents is 1. The van der Waals surface area contributed by atoms with E-state index in [-0.39, 0.29) is 23.3 Å². The van der Waals surface area contributed by atoms with Gasteiger partial charge in [-0.15, -0.1) is 0 Å². The van der Waals surface area contributed by atoms with Crippen molar-refractivity contribution < 1.29 is 14.8 Å². The molecule has 0 heterocycles. The van der Waals surface area contributed by atoms with Gasteiger partial charge >= 0.3 is 0 Å². The summed E-state index contributed by atoms with van der Waals surface area (Å²) in [6.45, 7) is 4.79. The Labute approximate surface area is 143 Å². The Kier molecular flexibility index (Phi) is 6.57. The molecule has 0 unspecified atom stereocenters. The van der Waals surface area contributed by atoms with Crippen molar-refractivity contribution in [2.45, 2.75) is 58.2 Å². The molecule has 0 aliphatic heterocycles. The second kappa shape index (κ2) is 8.44. The number of rotatable bonds is 7. The highest BCUT2D eigenvalue weighted by atomic mass is 16.6. The number of nitro groups is 1. The van der Waals surface area contributed by atoms with Gasteiger partial charge in [-0.05, 0) is 58.6 Å². The minimum absolute atomic E-state index is 0.0236. The van der Waals surface area contributed by atoms with E-state index in [4.69, 9.17) is 4.74 Å². The SMILES string of the molecule is CC(C)Oc1ccc([N+](=O)[O-])cc1CN(C)C1CCC(CO)CC1. The molecule has 134 valence electrons. The lowest BCUT2D eigenvalue weighted by atomic mass is 9.86. The number of benzene rings is 1. The summed E-state index contributed by atoms with van der Waals surface area (Å²) in [7, 11) is 2.06. The fourth-order valence-corrected chi connectivity index (χ4v) is 3.34. The van der Waals surface area contributed by atoms with Crippen molar-refractivity contribution in [2.75, 3.05) is 13.7 Å². The van der Waals surface area contributed by atoms with Gasteiger partial charge in [0.2, 0.25) is 0 Å². The molecule has 1 aliphatic rings. The second-order valence-corrected chi connectivity index (χ2v) is 6.99. The van der Waals surface area contributed by atoms with Crippen LogP contribution < -0.4 is 4.74 Å². The van der Waals surface area contributed by atoms with Crippen LogP contribution in [0.2, 0.25) is 0 Å². The molecule has 0 atom stereocenters. The van der Waals surface area contributed by atoms with Crippen LogP contribution in [0.1, 0.15) is 45.1 Å². The third-order valence-electron chi connectivity index (χ3n) is 4.74. The smallest absolute Gasteiger partial charge is 0.270 e. The van der Waals surface area contributed by atoms with Crippen molar-refractivity contribution in [1.29, 1.82) is 0 Å². The molecule has 0 amide bonds. The fourth-order valence-electron chi connectivity index (χ4n) is 3.34. The second-order valence-electron chi connectivity index (χ2n) is 6.99. The highest BCUT2D eigenvalue weighted by molar-refractivity contribution is 5.44. The molecule has 6 heteroatoms. The van der Waals surface area contributed by atoms with Crippen molar-refractivity contribution in [3.05, 3.63) is 33.9 Å². The number of aliphatic hydroxyl groups is 1. The molecule has 2 rings (SSSR count). The molecule has 1 aliphatic carbocycles. The molecule has 0 radical (unpaired) electrons. The summed E-state index contributed by atoms with van der Waals surface area (Å²) in [6.07, 6.45) is 4.20. The maximum atomic E-state index is 11.1. The number of non-ortho nitro benzene ring substituents is 1. The Morgan fingerprint density at radius 1 is 1.33 bits per heavy atom. The van der Waals surface area contributed by atoms with E-state index in [1.165, 1.54) is 6.07 Å². The van der Waals surface area contributed by atoms with Crippen molar-refractivity contribution in [1.82, 2.24) is 4.90 Å². The van der Waals surface area contributed by atoms with Gasteiger partial charge in [-0.3, -0.25) is 15.0 Å². The molecule has 0 aromatic heterocycles. The summed E-state index contributed by atoms with van der Waals surface area (Å²) in [5, 5.41) is 20.3. The molecule has 1 N–H and O–H groups in total. The van der Waals surface area contributed by atoms with Crippen LogP contribution in [0.5, 0.6) is 5.75 Å². The lowest BCUT2D eigenvalue weighted by Gasteiger charge is -2.34. The predicted octanol–water partition coefficient (Wildman–Crippen LogP) is 3.36. The zero-order valence-corrected chi connectivity index (χ0v) is 14.8. The highest BCUT2D eigenvalue weighted by Crippen LogP contribution is 2.30. The summed E-state index contributed by atoms with van der Waals surface area (Å²) in [5.41, 5.74) is 0.947. The quantitative estimate of drug-likeness (QED) is 0.610. The van der Waals surface area contributed by atoms with E-state index in [0.717, 1.165) is 31.2 Å². The van der Waals surface area contributed by atoms with Gasteiger partial charge in [0.05, 0.1) is 11.0 Å². The zero-order chi connectivity index (χ0) is 17.7. The minimum Gasteiger partial charge on any atom is -0.491 e. The third kappa shape index (κ3) is 4.92. The Morgan fingerprint density at radius 2 is 2.00 bits per heavy atom. The molecule has 1 saturated carbocycles. The van der Waals surface area contributed by atoms with Crippen LogP contribution in [0.4, 0.5) is 5.69 Å². The Bertz CT molecular complexity index is 554. The van der Waals surface area contributed by atoms with Gasteiger partial charge in [0, 0.05) is 36.9 Å². The van der Waals surface area contributed by atoms with E-state index >= 15 is 0 Å². The van der Waals surface area contributed by atoms with Crippen molar-refractivity contribution in [3.63, 3.8) is 0 Å². The van der Waals surface area contributed by atoms with E-state index < -0.39 is 0 Å². The van der Waals surface area contributed by atoms with Gasteiger partial charge in [-0.2, -0.15) is 0 Å². The number of nitrogens with zero attached hydrogens (tertiary/aromatic N) is 2. The average molecular weight is 336 g/mol. The zero-order valence-electron chi connectivity index (χ0n) is 14.8. The van der Waals surface area contributed by atoms with E-state index in [0.29, 0.717) is 24.3 Å². The van der Waals surface area contributed by atoms with E-state index in [2.05, 4.69) is 11.9 Å². The average Bonchev–Trinajstić information content (AvgIpc) is 2.55. The van der Waals surface area contributed by atoms with Gasteiger partial charge < -0.3 is 9.84 Å². The Hall–Kier alpha value is -1.66. The van der Waals surface area contributed by atoms with Gasteiger partial charge in [0.25, 0.3) is 5.69 Å². The lowest BCUT2D eigenvalue weighted by Crippen LogP contribution is -2.35. The lowest BCUT2D eigenvalue weighted by molar-refractivity contribution is -0.385. The van der Waals surface area contributed by atoms with Gasteiger partial charge in [0.1, 0.15) is 5.75 Å². The summed E-state index contributed by atoms with van der Waals surface area (Å²) in [5.74, 6) is 1.14. The van der Waals surface area contributed by atoms with Gasteiger partial charge in [0.15, 0.2) is 0 Å². The number of aliphatic hydroxyl groups excluding tert-OH is 1. The maximum absolute atomic E-state index is 11.1. The molecule has 0 bridgehead atoms. The van der Waals surface area contributed by atoms with Crippen LogP contribution in [0, 0.1) is 16.0 Å². The fraction of sp³-hybridized carbons (Fsp3) is 0.667. The number of ether oxygens (including phenoxy) is 1. The van der Waals surface area contributed by atoms with Gasteiger partial charge in [-0.1, -0.05) is 0 Å². The first-order chi connectivity index (χ1) is 11.4. The molecule has 1 aromatic rings. The first-order valence-electron chi connectivity index (χ1n) is 8.65. The van der Waals surface area contributed by atoms with Crippen LogP contribution in [0.15, 0.2) is 18.2 Å². The normalized spacial score (nSPS) is 21.2. The molecular formula is C18H28N2O4. The van der Waals surface area contributed by atoms with Crippen LogP contribution >= 0.6 is 0 Å². The Balaban J connectivity index is 2.11. The summed E-state index contributed by atoms with van der Waals surface area (Å²) >= 11 is 0. The van der Waals surface area contributed by atoms with E-state index in [9.17, 15) is 15.2 Å².